The summed E-state index contributed by atoms with van der Waals surface area (Å²) in [4.78, 5) is 7.44. The number of benzene rings is 1. The Balaban J connectivity index is 1.73. The second-order valence-electron chi connectivity index (χ2n) is 5.21. The zero-order valence-corrected chi connectivity index (χ0v) is 13.1. The first-order chi connectivity index (χ1) is 12.4. The topological polar surface area (TPSA) is 89.6 Å². The first-order valence-electron chi connectivity index (χ1n) is 7.32. The third-order valence-corrected chi connectivity index (χ3v) is 3.34. The van der Waals surface area contributed by atoms with Crippen LogP contribution >= 0.6 is 0 Å². The van der Waals surface area contributed by atoms with Crippen molar-refractivity contribution in [1.82, 2.24) is 30.2 Å². The molecule has 1 aromatic carbocycles. The quantitative estimate of drug-likeness (QED) is 0.702. The number of aliphatic hydroxyl groups is 1. The standard InChI is InChI=1S/C16H11F3N6O/c17-12-4-1-11(2-5-12)3-6-13-7-21-14(8-20-13)16(18,19)15(26)9-25-10-22-23-24-25/h1-2,4-5,7-8,10,15,26H,9H2. The zero-order chi connectivity index (χ0) is 18.6. The maximum atomic E-state index is 14.3. The Morgan fingerprint density at radius 1 is 1.12 bits per heavy atom. The summed E-state index contributed by atoms with van der Waals surface area (Å²) in [6.45, 7) is -0.506. The van der Waals surface area contributed by atoms with E-state index in [0.717, 1.165) is 23.4 Å². The first kappa shape index (κ1) is 17.5. The number of hydrogen-bond acceptors (Lipinski definition) is 6. The Morgan fingerprint density at radius 2 is 1.88 bits per heavy atom. The van der Waals surface area contributed by atoms with Crippen molar-refractivity contribution in [1.29, 1.82) is 0 Å². The molecule has 0 radical (unpaired) electrons. The van der Waals surface area contributed by atoms with Crippen molar-refractivity contribution in [3.63, 3.8) is 0 Å². The normalized spacial score (nSPS) is 12.3. The molecule has 26 heavy (non-hydrogen) atoms. The number of alkyl halides is 2. The van der Waals surface area contributed by atoms with E-state index in [9.17, 15) is 18.3 Å². The van der Waals surface area contributed by atoms with E-state index < -0.39 is 24.3 Å². The van der Waals surface area contributed by atoms with Crippen LogP contribution in [0.4, 0.5) is 13.2 Å². The van der Waals surface area contributed by atoms with E-state index in [0.29, 0.717) is 5.56 Å². The molecule has 0 aliphatic rings. The SMILES string of the molecule is OC(Cn1cnnn1)C(F)(F)c1cnc(C#Cc2ccc(F)cc2)cn1. The average Bonchev–Trinajstić information content (AvgIpc) is 3.14. The van der Waals surface area contributed by atoms with Gasteiger partial charge in [-0.3, -0.25) is 4.98 Å². The highest BCUT2D eigenvalue weighted by atomic mass is 19.3. The van der Waals surface area contributed by atoms with Crippen LogP contribution in [0.1, 0.15) is 17.0 Å². The minimum Gasteiger partial charge on any atom is -0.384 e. The second kappa shape index (κ2) is 7.28. The van der Waals surface area contributed by atoms with Gasteiger partial charge in [0, 0.05) is 5.56 Å². The average molecular weight is 360 g/mol. The molecule has 0 bridgehead atoms. The van der Waals surface area contributed by atoms with Crippen LogP contribution in [0.2, 0.25) is 0 Å². The largest absolute Gasteiger partial charge is 0.384 e. The molecule has 0 aliphatic heterocycles. The minimum absolute atomic E-state index is 0.156. The molecular formula is C16H11F3N6O. The van der Waals surface area contributed by atoms with Crippen molar-refractivity contribution >= 4 is 0 Å². The van der Waals surface area contributed by atoms with E-state index in [1.54, 1.807) is 0 Å². The summed E-state index contributed by atoms with van der Waals surface area (Å²) in [5.41, 5.74) is -0.00582. The molecule has 10 heteroatoms. The lowest BCUT2D eigenvalue weighted by molar-refractivity contribution is -0.125. The molecular weight excluding hydrogens is 349 g/mol. The third kappa shape index (κ3) is 4.01. The molecule has 3 aromatic rings. The Bertz CT molecular complexity index is 917. The summed E-state index contributed by atoms with van der Waals surface area (Å²) >= 11 is 0. The van der Waals surface area contributed by atoms with Crippen LogP contribution in [-0.4, -0.2) is 41.4 Å². The molecule has 0 amide bonds. The molecule has 7 nitrogen and oxygen atoms in total. The number of hydrogen-bond donors (Lipinski definition) is 1. The Morgan fingerprint density at radius 3 is 2.50 bits per heavy atom. The molecule has 0 saturated heterocycles. The van der Waals surface area contributed by atoms with Gasteiger partial charge in [-0.25, -0.2) is 14.1 Å². The van der Waals surface area contributed by atoms with Crippen LogP contribution in [0.5, 0.6) is 0 Å². The van der Waals surface area contributed by atoms with E-state index >= 15 is 0 Å². The smallest absolute Gasteiger partial charge is 0.318 e. The molecule has 3 rings (SSSR count). The lowest BCUT2D eigenvalue weighted by atomic mass is 10.1. The molecule has 0 spiro atoms. The number of tetrazole rings is 1. The van der Waals surface area contributed by atoms with Gasteiger partial charge in [-0.15, -0.1) is 5.10 Å². The predicted molar refractivity (Wildman–Crippen MR) is 82.1 cm³/mol. The number of rotatable bonds is 4. The molecule has 0 saturated carbocycles. The van der Waals surface area contributed by atoms with E-state index in [1.807, 2.05) is 0 Å². The van der Waals surface area contributed by atoms with Gasteiger partial charge in [-0.1, -0.05) is 5.92 Å². The van der Waals surface area contributed by atoms with E-state index in [2.05, 4.69) is 37.3 Å². The highest BCUT2D eigenvalue weighted by Gasteiger charge is 2.42. The number of aliphatic hydroxyl groups excluding tert-OH is 1. The summed E-state index contributed by atoms with van der Waals surface area (Å²) in [5.74, 6) is 1.32. The van der Waals surface area contributed by atoms with Crippen LogP contribution in [0, 0.1) is 17.7 Å². The van der Waals surface area contributed by atoms with Crippen LogP contribution in [-0.2, 0) is 12.5 Å². The van der Waals surface area contributed by atoms with Gasteiger partial charge in [0.05, 0.1) is 18.9 Å². The van der Waals surface area contributed by atoms with Crippen molar-refractivity contribution in [3.8, 4) is 11.8 Å². The second-order valence-corrected chi connectivity index (χ2v) is 5.21. The highest BCUT2D eigenvalue weighted by Crippen LogP contribution is 2.30. The Hall–Kier alpha value is -3.32. The molecule has 1 atom stereocenters. The predicted octanol–water partition coefficient (Wildman–Crippen LogP) is 1.15. The van der Waals surface area contributed by atoms with Crippen LogP contribution in [0.3, 0.4) is 0 Å². The lowest BCUT2D eigenvalue weighted by Crippen LogP contribution is -2.35. The Labute approximate surface area is 145 Å². The van der Waals surface area contributed by atoms with Crippen LogP contribution in [0.25, 0.3) is 0 Å². The molecule has 2 heterocycles. The first-order valence-corrected chi connectivity index (χ1v) is 7.32. The number of nitrogens with zero attached hydrogens (tertiary/aromatic N) is 6. The zero-order valence-electron chi connectivity index (χ0n) is 13.1. The lowest BCUT2D eigenvalue weighted by Gasteiger charge is -2.21. The number of halogens is 3. The summed E-state index contributed by atoms with van der Waals surface area (Å²) in [6, 6.07) is 5.47. The van der Waals surface area contributed by atoms with Crippen molar-refractivity contribution in [2.24, 2.45) is 0 Å². The summed E-state index contributed by atoms with van der Waals surface area (Å²) in [5, 5.41) is 19.8. The van der Waals surface area contributed by atoms with Crippen molar-refractivity contribution in [2.75, 3.05) is 0 Å². The van der Waals surface area contributed by atoms with Gasteiger partial charge in [0.1, 0.15) is 29.6 Å². The van der Waals surface area contributed by atoms with Crippen LogP contribution in [0.15, 0.2) is 43.0 Å². The molecule has 1 N–H and O–H groups in total. The van der Waals surface area contributed by atoms with Gasteiger partial charge in [0.15, 0.2) is 0 Å². The molecule has 0 fully saturated rings. The fourth-order valence-electron chi connectivity index (χ4n) is 1.96. The van der Waals surface area contributed by atoms with Crippen molar-refractivity contribution in [2.45, 2.75) is 18.6 Å². The number of aromatic nitrogens is 6. The molecule has 1 unspecified atom stereocenters. The summed E-state index contributed by atoms with van der Waals surface area (Å²) < 4.78 is 42.3. The van der Waals surface area contributed by atoms with Gasteiger partial charge in [-0.05, 0) is 40.6 Å². The van der Waals surface area contributed by atoms with Gasteiger partial charge < -0.3 is 5.11 Å². The monoisotopic (exact) mass is 360 g/mol. The summed E-state index contributed by atoms with van der Waals surface area (Å²) in [7, 11) is 0. The minimum atomic E-state index is -3.65. The fourth-order valence-corrected chi connectivity index (χ4v) is 1.96. The van der Waals surface area contributed by atoms with Gasteiger partial charge in [0.25, 0.3) is 0 Å². The van der Waals surface area contributed by atoms with Crippen LogP contribution < -0.4 is 0 Å². The maximum absolute atomic E-state index is 14.3. The fraction of sp³-hybridized carbons (Fsp3) is 0.188. The van der Waals surface area contributed by atoms with E-state index in [-0.39, 0.29) is 11.5 Å². The van der Waals surface area contributed by atoms with Gasteiger partial charge >= 0.3 is 5.92 Å². The molecule has 132 valence electrons. The Kier molecular flexibility index (Phi) is 4.90. The van der Waals surface area contributed by atoms with Crippen molar-refractivity contribution in [3.05, 3.63) is 65.8 Å². The summed E-state index contributed by atoms with van der Waals surface area (Å²) in [6.07, 6.45) is 0.941. The molecule has 0 aliphatic carbocycles. The van der Waals surface area contributed by atoms with Gasteiger partial charge in [-0.2, -0.15) is 8.78 Å². The molecule has 2 aromatic heterocycles. The van der Waals surface area contributed by atoms with E-state index in [1.165, 1.54) is 24.3 Å². The highest BCUT2D eigenvalue weighted by molar-refractivity contribution is 5.39. The third-order valence-electron chi connectivity index (χ3n) is 3.34. The maximum Gasteiger partial charge on any atom is 0.318 e. The van der Waals surface area contributed by atoms with Crippen molar-refractivity contribution < 1.29 is 18.3 Å². The van der Waals surface area contributed by atoms with Gasteiger partial charge in [0.2, 0.25) is 0 Å². The van der Waals surface area contributed by atoms with E-state index in [4.69, 9.17) is 0 Å².